The minimum absolute atomic E-state index is 0. The van der Waals surface area contributed by atoms with Crippen LogP contribution in [0.15, 0.2) is 36.4 Å². The van der Waals surface area contributed by atoms with Crippen LogP contribution < -0.4 is 0 Å². The molecule has 0 bridgehead atoms. The van der Waals surface area contributed by atoms with Crippen molar-refractivity contribution < 1.29 is 42.2 Å². The van der Waals surface area contributed by atoms with Crippen molar-refractivity contribution >= 4 is 12.0 Å². The fraction of sp³-hybridized carbons (Fsp3) is 0.444. The van der Waals surface area contributed by atoms with E-state index in [9.17, 15) is 4.79 Å². The van der Waals surface area contributed by atoms with Gasteiger partial charge in [-0.25, -0.2) is 4.79 Å². The van der Waals surface area contributed by atoms with Gasteiger partial charge in [0.15, 0.2) is 0 Å². The maximum Gasteiger partial charge on any atom is 0.331 e. The SMILES string of the molecule is CC.CC.CC(C)(C)OC(=O)C=Cc1ccccc1.[CH3-].[Y]. The molecule has 0 aliphatic carbocycles. The zero-order valence-corrected chi connectivity index (χ0v) is 17.8. The Hall–Kier alpha value is -0.466. The van der Waals surface area contributed by atoms with E-state index in [0.717, 1.165) is 5.56 Å². The van der Waals surface area contributed by atoms with E-state index in [1.54, 1.807) is 6.08 Å². The van der Waals surface area contributed by atoms with Gasteiger partial charge in [-0.2, -0.15) is 0 Å². The second kappa shape index (κ2) is 17.6. The summed E-state index contributed by atoms with van der Waals surface area (Å²) in [6.07, 6.45) is 3.19. The topological polar surface area (TPSA) is 26.3 Å². The summed E-state index contributed by atoms with van der Waals surface area (Å²) >= 11 is 0. The van der Waals surface area contributed by atoms with Crippen LogP contribution in [0.2, 0.25) is 0 Å². The maximum absolute atomic E-state index is 11.3. The van der Waals surface area contributed by atoms with Crippen LogP contribution in [0.5, 0.6) is 0 Å². The Morgan fingerprint density at radius 1 is 1.00 bits per heavy atom. The Labute approximate surface area is 157 Å². The molecule has 0 aromatic heterocycles. The van der Waals surface area contributed by atoms with Gasteiger partial charge >= 0.3 is 5.97 Å². The third-order valence-electron chi connectivity index (χ3n) is 1.62. The van der Waals surface area contributed by atoms with Crippen molar-refractivity contribution in [3.63, 3.8) is 0 Å². The molecule has 1 aromatic carbocycles. The third-order valence-corrected chi connectivity index (χ3v) is 1.62. The zero-order valence-electron chi connectivity index (χ0n) is 14.9. The second-order valence-electron chi connectivity index (χ2n) is 4.28. The Bertz CT molecular complexity index is 351. The third kappa shape index (κ3) is 19.5. The minimum Gasteiger partial charge on any atom is -0.457 e. The fourth-order valence-electron chi connectivity index (χ4n) is 1.06. The molecule has 1 radical (unpaired) electrons. The van der Waals surface area contributed by atoms with E-state index < -0.39 is 5.60 Å². The summed E-state index contributed by atoms with van der Waals surface area (Å²) in [5.74, 6) is -0.314. The molecule has 0 atom stereocenters. The average Bonchev–Trinajstić information content (AvgIpc) is 2.40. The normalized spacial score (nSPS) is 8.90. The van der Waals surface area contributed by atoms with Crippen molar-refractivity contribution in [2.45, 2.75) is 54.1 Å². The van der Waals surface area contributed by atoms with E-state index in [-0.39, 0.29) is 46.1 Å². The van der Waals surface area contributed by atoms with E-state index in [2.05, 4.69) is 0 Å². The molecule has 0 aliphatic rings. The number of carbonyl (C=O) groups is 1. The monoisotopic (exact) mass is 368 g/mol. The Balaban J connectivity index is -0.000000221. The molecule has 21 heavy (non-hydrogen) atoms. The van der Waals surface area contributed by atoms with Gasteiger partial charge in [0.25, 0.3) is 0 Å². The Kier molecular flexibility index (Phi) is 24.0. The summed E-state index contributed by atoms with van der Waals surface area (Å²) in [4.78, 5) is 11.3. The van der Waals surface area contributed by atoms with Crippen molar-refractivity contribution in [1.82, 2.24) is 0 Å². The van der Waals surface area contributed by atoms with Gasteiger partial charge in [0.05, 0.1) is 0 Å². The van der Waals surface area contributed by atoms with Crippen LogP contribution in [0.3, 0.4) is 0 Å². The summed E-state index contributed by atoms with van der Waals surface area (Å²) in [5.41, 5.74) is 0.557. The van der Waals surface area contributed by atoms with E-state index >= 15 is 0 Å². The van der Waals surface area contributed by atoms with Crippen LogP contribution in [0.25, 0.3) is 6.08 Å². The van der Waals surface area contributed by atoms with Crippen LogP contribution in [0, 0.1) is 7.43 Å². The van der Waals surface area contributed by atoms with Crippen LogP contribution in [0.4, 0.5) is 0 Å². The van der Waals surface area contributed by atoms with Gasteiger partial charge in [0.1, 0.15) is 5.60 Å². The van der Waals surface area contributed by atoms with Crippen LogP contribution >= 0.6 is 0 Å². The van der Waals surface area contributed by atoms with Crippen molar-refractivity contribution in [2.24, 2.45) is 0 Å². The van der Waals surface area contributed by atoms with Crippen LogP contribution in [-0.2, 0) is 42.2 Å². The molecule has 1 aromatic rings. The van der Waals surface area contributed by atoms with Gasteiger partial charge in [0, 0.05) is 38.8 Å². The van der Waals surface area contributed by atoms with Gasteiger partial charge in [-0.1, -0.05) is 58.0 Å². The van der Waals surface area contributed by atoms with E-state index in [0.29, 0.717) is 0 Å². The Morgan fingerprint density at radius 2 is 1.43 bits per heavy atom. The number of hydrogen-bond acceptors (Lipinski definition) is 2. The summed E-state index contributed by atoms with van der Waals surface area (Å²) in [7, 11) is 0. The first-order valence-corrected chi connectivity index (χ1v) is 6.93. The molecule has 0 spiro atoms. The molecule has 2 nitrogen and oxygen atoms in total. The maximum atomic E-state index is 11.3. The summed E-state index contributed by atoms with van der Waals surface area (Å²) in [6.45, 7) is 13.5. The largest absolute Gasteiger partial charge is 0.457 e. The molecule has 0 saturated heterocycles. The van der Waals surface area contributed by atoms with Crippen molar-refractivity contribution in [3.8, 4) is 0 Å². The predicted octanol–water partition coefficient (Wildman–Crippen LogP) is 5.54. The molecular weight excluding hydrogens is 337 g/mol. The standard InChI is InChI=1S/C13H16O2.2C2H6.CH3.Y/c1-13(2,3)15-12(14)10-9-11-7-5-4-6-8-11;2*1-2;;/h4-10H,1-3H3;2*1-2H3;1H3;/q;;;-1;. The Morgan fingerprint density at radius 3 is 1.81 bits per heavy atom. The van der Waals surface area contributed by atoms with Gasteiger partial charge in [-0.05, 0) is 32.4 Å². The molecule has 0 fully saturated rings. The van der Waals surface area contributed by atoms with E-state index in [1.165, 1.54) is 6.08 Å². The second-order valence-corrected chi connectivity index (χ2v) is 4.28. The minimum atomic E-state index is -0.432. The van der Waals surface area contributed by atoms with E-state index in [1.807, 2.05) is 78.8 Å². The van der Waals surface area contributed by atoms with Crippen molar-refractivity contribution in [2.75, 3.05) is 0 Å². The van der Waals surface area contributed by atoms with Gasteiger partial charge in [-0.3, -0.25) is 0 Å². The summed E-state index contributed by atoms with van der Waals surface area (Å²) in [5, 5.41) is 0. The molecule has 3 heteroatoms. The predicted molar refractivity (Wildman–Crippen MR) is 90.4 cm³/mol. The van der Waals surface area contributed by atoms with Crippen LogP contribution in [0.1, 0.15) is 54.0 Å². The number of carbonyl (C=O) groups excluding carboxylic acids is 1. The number of rotatable bonds is 2. The molecule has 0 aliphatic heterocycles. The molecule has 0 heterocycles. The van der Waals surface area contributed by atoms with Gasteiger partial charge in [0.2, 0.25) is 0 Å². The molecular formula is C18H31O2Y-. The first-order chi connectivity index (χ1) is 8.97. The van der Waals surface area contributed by atoms with E-state index in [4.69, 9.17) is 4.74 Å². The quantitative estimate of drug-likeness (QED) is 0.389. The average molecular weight is 368 g/mol. The first-order valence-electron chi connectivity index (χ1n) is 6.93. The number of ether oxygens (including phenoxy) is 1. The molecule has 1 rings (SSSR count). The molecule has 119 valence electrons. The van der Waals surface area contributed by atoms with Gasteiger partial charge < -0.3 is 12.2 Å². The van der Waals surface area contributed by atoms with Crippen molar-refractivity contribution in [1.29, 1.82) is 0 Å². The smallest absolute Gasteiger partial charge is 0.331 e. The van der Waals surface area contributed by atoms with Crippen LogP contribution in [-0.4, -0.2) is 11.6 Å². The number of benzene rings is 1. The number of esters is 1. The summed E-state index contributed by atoms with van der Waals surface area (Å²) in [6, 6.07) is 9.65. The molecule has 0 saturated carbocycles. The van der Waals surface area contributed by atoms with Gasteiger partial charge in [-0.15, -0.1) is 0 Å². The zero-order chi connectivity index (χ0) is 15.3. The number of hydrogen-bond donors (Lipinski definition) is 0. The fourth-order valence-corrected chi connectivity index (χ4v) is 1.06. The molecule has 0 N–H and O–H groups in total. The van der Waals surface area contributed by atoms with Crippen molar-refractivity contribution in [3.05, 3.63) is 49.4 Å². The molecule has 0 amide bonds. The molecule has 0 unspecified atom stereocenters. The summed E-state index contributed by atoms with van der Waals surface area (Å²) < 4.78 is 5.13. The first kappa shape index (κ1) is 28.7.